The first-order valence-corrected chi connectivity index (χ1v) is 8.36. The molecule has 0 bridgehead atoms. The minimum atomic E-state index is -0.905. The number of hydrogen-bond donors (Lipinski definition) is 3. The third-order valence-electron chi connectivity index (χ3n) is 4.15. The number of aliphatic hydroxyl groups is 1. The van der Waals surface area contributed by atoms with Gasteiger partial charge in [-0.3, -0.25) is 9.59 Å². The van der Waals surface area contributed by atoms with Crippen LogP contribution in [0.5, 0.6) is 0 Å². The van der Waals surface area contributed by atoms with E-state index in [2.05, 4.69) is 10.6 Å². The summed E-state index contributed by atoms with van der Waals surface area (Å²) in [6.45, 7) is 1.89. The molecule has 132 valence electrons. The number of carbonyl (C=O) groups is 2. The van der Waals surface area contributed by atoms with E-state index in [9.17, 15) is 14.7 Å². The van der Waals surface area contributed by atoms with Crippen molar-refractivity contribution in [1.82, 2.24) is 5.32 Å². The predicted molar refractivity (Wildman–Crippen MR) is 102 cm³/mol. The monoisotopic (exact) mass is 348 g/mol. The quantitative estimate of drug-likeness (QED) is 0.634. The smallest absolute Gasteiger partial charge is 0.313 e. The van der Waals surface area contributed by atoms with E-state index < -0.39 is 17.9 Å². The van der Waals surface area contributed by atoms with Gasteiger partial charge < -0.3 is 15.7 Å². The maximum atomic E-state index is 12.0. The first-order chi connectivity index (χ1) is 12.5. The molecule has 3 aromatic rings. The van der Waals surface area contributed by atoms with Crippen molar-refractivity contribution in [3.05, 3.63) is 77.9 Å². The molecule has 0 spiro atoms. The van der Waals surface area contributed by atoms with Gasteiger partial charge in [0.05, 0.1) is 6.10 Å². The van der Waals surface area contributed by atoms with Crippen molar-refractivity contribution in [3.63, 3.8) is 0 Å². The molecular formula is C21H20N2O3. The fraction of sp³-hybridized carbons (Fsp3) is 0.143. The van der Waals surface area contributed by atoms with Crippen LogP contribution in [0.1, 0.15) is 17.2 Å². The number of anilines is 1. The minimum absolute atomic E-state index is 0.0475. The van der Waals surface area contributed by atoms with Crippen LogP contribution in [0.3, 0.4) is 0 Å². The Morgan fingerprint density at radius 2 is 1.62 bits per heavy atom. The van der Waals surface area contributed by atoms with Crippen molar-refractivity contribution < 1.29 is 14.7 Å². The van der Waals surface area contributed by atoms with Crippen molar-refractivity contribution in [2.75, 3.05) is 11.9 Å². The lowest BCUT2D eigenvalue weighted by atomic mass is 10.0. The van der Waals surface area contributed by atoms with E-state index in [-0.39, 0.29) is 6.54 Å². The van der Waals surface area contributed by atoms with Gasteiger partial charge in [-0.1, -0.05) is 60.2 Å². The van der Waals surface area contributed by atoms with Crippen LogP contribution >= 0.6 is 0 Å². The third kappa shape index (κ3) is 4.07. The number of amides is 2. The molecule has 0 aliphatic carbocycles. The van der Waals surface area contributed by atoms with Gasteiger partial charge in [-0.2, -0.15) is 0 Å². The van der Waals surface area contributed by atoms with Gasteiger partial charge in [-0.15, -0.1) is 0 Å². The summed E-state index contributed by atoms with van der Waals surface area (Å²) < 4.78 is 0. The van der Waals surface area contributed by atoms with Gasteiger partial charge in [0.25, 0.3) is 0 Å². The van der Waals surface area contributed by atoms with E-state index in [4.69, 9.17) is 0 Å². The van der Waals surface area contributed by atoms with Crippen LogP contribution in [-0.2, 0) is 9.59 Å². The van der Waals surface area contributed by atoms with E-state index >= 15 is 0 Å². The van der Waals surface area contributed by atoms with Gasteiger partial charge >= 0.3 is 11.8 Å². The normalized spacial score (nSPS) is 11.8. The molecule has 0 saturated carbocycles. The molecule has 1 atom stereocenters. The summed E-state index contributed by atoms with van der Waals surface area (Å²) in [5.41, 5.74) is 2.32. The van der Waals surface area contributed by atoms with E-state index in [0.29, 0.717) is 11.3 Å². The van der Waals surface area contributed by atoms with Crippen LogP contribution in [0, 0.1) is 6.92 Å². The van der Waals surface area contributed by atoms with Gasteiger partial charge in [0.15, 0.2) is 0 Å². The molecule has 2 amide bonds. The molecule has 3 rings (SSSR count). The first-order valence-electron chi connectivity index (χ1n) is 8.36. The second kappa shape index (κ2) is 7.80. The number of nitrogens with one attached hydrogen (secondary N) is 2. The molecule has 0 radical (unpaired) electrons. The van der Waals surface area contributed by atoms with E-state index in [1.807, 2.05) is 61.5 Å². The maximum absolute atomic E-state index is 12.0. The lowest BCUT2D eigenvalue weighted by molar-refractivity contribution is -0.136. The number of benzene rings is 3. The lowest BCUT2D eigenvalue weighted by Crippen LogP contribution is -2.37. The summed E-state index contributed by atoms with van der Waals surface area (Å²) in [6, 6.07) is 20.5. The Bertz CT molecular complexity index is 930. The molecular weight excluding hydrogens is 328 g/mol. The molecule has 0 aliphatic heterocycles. The average molecular weight is 348 g/mol. The molecule has 5 heteroatoms. The first kappa shape index (κ1) is 17.6. The second-order valence-corrected chi connectivity index (χ2v) is 6.11. The van der Waals surface area contributed by atoms with Crippen molar-refractivity contribution in [2.45, 2.75) is 13.0 Å². The fourth-order valence-electron chi connectivity index (χ4n) is 2.75. The number of hydrogen-bond acceptors (Lipinski definition) is 3. The zero-order valence-corrected chi connectivity index (χ0v) is 14.4. The molecule has 0 saturated heterocycles. The Balaban J connectivity index is 1.61. The summed E-state index contributed by atoms with van der Waals surface area (Å²) in [7, 11) is 0. The third-order valence-corrected chi connectivity index (χ3v) is 4.15. The van der Waals surface area contributed by atoms with Gasteiger partial charge in [-0.05, 0) is 35.4 Å². The van der Waals surface area contributed by atoms with Crippen LogP contribution in [0.25, 0.3) is 10.8 Å². The average Bonchev–Trinajstić information content (AvgIpc) is 2.67. The van der Waals surface area contributed by atoms with Crippen LogP contribution in [0.15, 0.2) is 66.7 Å². The molecule has 0 aliphatic rings. The summed E-state index contributed by atoms with van der Waals surface area (Å²) in [4.78, 5) is 23.9. The van der Waals surface area contributed by atoms with E-state index in [0.717, 1.165) is 16.3 Å². The Kier molecular flexibility index (Phi) is 5.29. The molecule has 0 fully saturated rings. The van der Waals surface area contributed by atoms with E-state index in [1.165, 1.54) is 0 Å². The second-order valence-electron chi connectivity index (χ2n) is 6.11. The number of carbonyl (C=O) groups excluding carboxylic acids is 2. The minimum Gasteiger partial charge on any atom is -0.387 e. The summed E-state index contributed by atoms with van der Waals surface area (Å²) in [6.07, 6.45) is -0.905. The Morgan fingerprint density at radius 1 is 0.923 bits per heavy atom. The number of aliphatic hydroxyl groups excluding tert-OH is 1. The van der Waals surface area contributed by atoms with Gasteiger partial charge in [-0.25, -0.2) is 0 Å². The SMILES string of the molecule is Cc1ccc(NC(=O)C(=O)NCC(O)c2cccc3ccccc23)cc1. The Hall–Kier alpha value is -3.18. The predicted octanol–water partition coefficient (Wildman–Crippen LogP) is 2.94. The van der Waals surface area contributed by atoms with Crippen LogP contribution in [-0.4, -0.2) is 23.5 Å². The standard InChI is InChI=1S/C21H20N2O3/c1-14-9-11-16(12-10-14)23-21(26)20(25)22-13-19(24)18-8-4-6-15-5-2-3-7-17(15)18/h2-12,19,24H,13H2,1H3,(H,22,25)(H,23,26). The van der Waals surface area contributed by atoms with Gasteiger partial charge in [0.1, 0.15) is 0 Å². The number of fused-ring (bicyclic) bond motifs is 1. The van der Waals surface area contributed by atoms with Crippen molar-refractivity contribution in [1.29, 1.82) is 0 Å². The number of aryl methyl sites for hydroxylation is 1. The molecule has 26 heavy (non-hydrogen) atoms. The Labute approximate surface area is 151 Å². The summed E-state index contributed by atoms with van der Waals surface area (Å²) >= 11 is 0. The summed E-state index contributed by atoms with van der Waals surface area (Å²) in [5, 5.41) is 17.4. The summed E-state index contributed by atoms with van der Waals surface area (Å²) in [5.74, 6) is -1.55. The van der Waals surface area contributed by atoms with Crippen molar-refractivity contribution in [3.8, 4) is 0 Å². The zero-order valence-electron chi connectivity index (χ0n) is 14.4. The highest BCUT2D eigenvalue weighted by Crippen LogP contribution is 2.23. The fourth-order valence-corrected chi connectivity index (χ4v) is 2.75. The molecule has 0 heterocycles. The molecule has 3 N–H and O–H groups in total. The molecule has 1 unspecified atom stereocenters. The Morgan fingerprint density at radius 3 is 2.38 bits per heavy atom. The van der Waals surface area contributed by atoms with Crippen molar-refractivity contribution in [2.24, 2.45) is 0 Å². The highest BCUT2D eigenvalue weighted by molar-refractivity contribution is 6.39. The van der Waals surface area contributed by atoms with Crippen LogP contribution < -0.4 is 10.6 Å². The topological polar surface area (TPSA) is 78.4 Å². The van der Waals surface area contributed by atoms with Crippen molar-refractivity contribution >= 4 is 28.3 Å². The lowest BCUT2D eigenvalue weighted by Gasteiger charge is -2.14. The molecule has 0 aromatic heterocycles. The highest BCUT2D eigenvalue weighted by atomic mass is 16.3. The van der Waals surface area contributed by atoms with Crippen LogP contribution in [0.2, 0.25) is 0 Å². The van der Waals surface area contributed by atoms with E-state index in [1.54, 1.807) is 12.1 Å². The molecule has 3 aromatic carbocycles. The molecule has 5 nitrogen and oxygen atoms in total. The zero-order chi connectivity index (χ0) is 18.5. The van der Waals surface area contributed by atoms with Crippen LogP contribution in [0.4, 0.5) is 5.69 Å². The van der Waals surface area contributed by atoms with Gasteiger partial charge in [0.2, 0.25) is 0 Å². The highest BCUT2D eigenvalue weighted by Gasteiger charge is 2.17. The largest absolute Gasteiger partial charge is 0.387 e. The number of rotatable bonds is 4. The van der Waals surface area contributed by atoms with Gasteiger partial charge in [0, 0.05) is 12.2 Å². The maximum Gasteiger partial charge on any atom is 0.313 e.